The minimum atomic E-state index is -1.57. The van der Waals surface area contributed by atoms with Crippen molar-refractivity contribution in [3.63, 3.8) is 0 Å². The SMILES string of the molecule is CCCC[N+]1(CCCC)Cc2c(C(O)(c3ccccc3)c3ccccc3)ccc(O)c2-c2c(O)ccc(C(O)(c3ccccc3)c3ccccc3)c2C1. The average Bonchev–Trinajstić information content (AvgIpc) is 3.36. The molecule has 0 saturated carbocycles. The van der Waals surface area contributed by atoms with E-state index in [1.54, 1.807) is 12.1 Å². The van der Waals surface area contributed by atoms with Gasteiger partial charge in [-0.3, -0.25) is 0 Å². The van der Waals surface area contributed by atoms with E-state index in [-0.39, 0.29) is 11.5 Å². The van der Waals surface area contributed by atoms with Gasteiger partial charge in [0.05, 0.1) is 13.1 Å². The molecular weight excluding hydrogens is 655 g/mol. The van der Waals surface area contributed by atoms with Gasteiger partial charge in [0.2, 0.25) is 0 Å². The molecule has 270 valence electrons. The number of quaternary nitrogens is 1. The summed E-state index contributed by atoms with van der Waals surface area (Å²) in [4.78, 5) is 0. The molecule has 0 aromatic heterocycles. The molecule has 53 heavy (non-hydrogen) atoms. The van der Waals surface area contributed by atoms with Crippen LogP contribution < -0.4 is 0 Å². The Morgan fingerprint density at radius 1 is 0.453 bits per heavy atom. The molecule has 0 atom stereocenters. The van der Waals surface area contributed by atoms with Crippen LogP contribution in [-0.2, 0) is 24.3 Å². The van der Waals surface area contributed by atoms with Crippen LogP contribution in [0.2, 0.25) is 0 Å². The van der Waals surface area contributed by atoms with E-state index in [0.717, 1.165) is 49.9 Å². The first kappa shape index (κ1) is 36.2. The van der Waals surface area contributed by atoms with Gasteiger partial charge in [-0.2, -0.15) is 0 Å². The number of nitrogens with zero attached hydrogens (tertiary/aromatic N) is 1. The number of rotatable bonds is 12. The van der Waals surface area contributed by atoms with Crippen molar-refractivity contribution >= 4 is 0 Å². The Bertz CT molecular complexity index is 1910. The van der Waals surface area contributed by atoms with Crippen LogP contribution in [0.5, 0.6) is 11.5 Å². The van der Waals surface area contributed by atoms with Crippen molar-refractivity contribution in [2.45, 2.75) is 63.8 Å². The zero-order valence-electron chi connectivity index (χ0n) is 30.7. The molecule has 6 aromatic carbocycles. The van der Waals surface area contributed by atoms with E-state index < -0.39 is 11.2 Å². The third-order valence-corrected chi connectivity index (χ3v) is 11.3. The number of hydrogen-bond acceptors (Lipinski definition) is 4. The van der Waals surface area contributed by atoms with Crippen molar-refractivity contribution in [2.75, 3.05) is 13.1 Å². The van der Waals surface area contributed by atoms with Crippen LogP contribution in [0.25, 0.3) is 11.1 Å². The molecular formula is C48H50NO4+. The quantitative estimate of drug-likeness (QED) is 0.0756. The van der Waals surface area contributed by atoms with Gasteiger partial charge in [0.15, 0.2) is 0 Å². The topological polar surface area (TPSA) is 80.9 Å². The first-order valence-electron chi connectivity index (χ1n) is 19.0. The molecule has 0 radical (unpaired) electrons. The van der Waals surface area contributed by atoms with E-state index in [9.17, 15) is 20.4 Å². The molecule has 0 bridgehead atoms. The number of aromatic hydroxyl groups is 2. The number of unbranched alkanes of at least 4 members (excludes halogenated alkanes) is 2. The smallest absolute Gasteiger partial charge is 0.141 e. The van der Waals surface area contributed by atoms with Crippen molar-refractivity contribution < 1.29 is 24.9 Å². The summed E-state index contributed by atoms with van der Waals surface area (Å²) in [7, 11) is 0. The maximum atomic E-state index is 13.3. The molecule has 0 spiro atoms. The number of phenolic OH excluding ortho intramolecular Hbond substituents is 2. The standard InChI is InChI=1S/C48H49NO4/c1-3-5-31-49(32-6-4-2)33-39-41(47(52,35-19-11-7-12-20-35)36-21-13-8-14-22-36)27-29-43(50)45(39)46-40(34-49)42(28-30-44(46)51)48(53,37-23-15-9-16-24-37)38-25-17-10-18-26-38/h7-30,52-53H,3-6,31-34H2,1-2H3,(H-,50,51)/p+1. The molecule has 0 amide bonds. The summed E-state index contributed by atoms with van der Waals surface area (Å²) in [5, 5.41) is 50.7. The molecule has 6 aromatic rings. The Morgan fingerprint density at radius 2 is 0.755 bits per heavy atom. The third-order valence-electron chi connectivity index (χ3n) is 11.3. The van der Waals surface area contributed by atoms with Crippen LogP contribution in [-0.4, -0.2) is 38.0 Å². The Balaban J connectivity index is 1.62. The Kier molecular flexibility index (Phi) is 10.3. The van der Waals surface area contributed by atoms with Gasteiger partial charge in [-0.25, -0.2) is 0 Å². The average molecular weight is 705 g/mol. The summed E-state index contributed by atoms with van der Waals surface area (Å²) in [5.74, 6) is 0.0461. The van der Waals surface area contributed by atoms with Gasteiger partial charge in [-0.1, -0.05) is 160 Å². The second-order valence-corrected chi connectivity index (χ2v) is 14.7. The summed E-state index contributed by atoms with van der Waals surface area (Å²) < 4.78 is 0.633. The van der Waals surface area contributed by atoms with Crippen molar-refractivity contribution in [2.24, 2.45) is 0 Å². The number of phenols is 2. The van der Waals surface area contributed by atoms with E-state index in [1.807, 2.05) is 133 Å². The lowest BCUT2D eigenvalue weighted by Crippen LogP contribution is -2.48. The number of fused-ring (bicyclic) bond motifs is 3. The normalized spacial score (nSPS) is 13.9. The first-order chi connectivity index (χ1) is 25.8. The lowest BCUT2D eigenvalue weighted by atomic mass is 9.75. The van der Waals surface area contributed by atoms with Gasteiger partial charge >= 0.3 is 0 Å². The molecule has 5 nitrogen and oxygen atoms in total. The van der Waals surface area contributed by atoms with Gasteiger partial charge in [0.25, 0.3) is 0 Å². The Hall–Kier alpha value is -5.20. The molecule has 7 rings (SSSR count). The molecule has 0 fully saturated rings. The summed E-state index contributed by atoms with van der Waals surface area (Å²) in [6.07, 6.45) is 3.95. The van der Waals surface area contributed by atoms with Crippen LogP contribution in [0.4, 0.5) is 0 Å². The van der Waals surface area contributed by atoms with Gasteiger partial charge in [0, 0.05) is 33.4 Å². The lowest BCUT2D eigenvalue weighted by molar-refractivity contribution is -0.953. The predicted molar refractivity (Wildman–Crippen MR) is 212 cm³/mol. The van der Waals surface area contributed by atoms with Crippen molar-refractivity contribution in [3.05, 3.63) is 190 Å². The van der Waals surface area contributed by atoms with Gasteiger partial charge < -0.3 is 24.9 Å². The minimum absolute atomic E-state index is 0.0230. The highest BCUT2D eigenvalue weighted by Gasteiger charge is 2.45. The first-order valence-corrected chi connectivity index (χ1v) is 19.0. The largest absolute Gasteiger partial charge is 0.507 e. The molecule has 5 heteroatoms. The second kappa shape index (κ2) is 15.0. The molecule has 1 aliphatic rings. The molecule has 1 aliphatic heterocycles. The highest BCUT2D eigenvalue weighted by molar-refractivity contribution is 5.84. The summed E-state index contributed by atoms with van der Waals surface area (Å²) in [6, 6.07) is 45.9. The van der Waals surface area contributed by atoms with Crippen LogP contribution in [0.1, 0.15) is 84.0 Å². The fraction of sp³-hybridized carbons (Fsp3) is 0.250. The van der Waals surface area contributed by atoms with E-state index in [1.165, 1.54) is 0 Å². The van der Waals surface area contributed by atoms with E-state index >= 15 is 0 Å². The van der Waals surface area contributed by atoms with Crippen LogP contribution in [0.15, 0.2) is 146 Å². The minimum Gasteiger partial charge on any atom is -0.507 e. The van der Waals surface area contributed by atoms with Crippen LogP contribution in [0, 0.1) is 0 Å². The van der Waals surface area contributed by atoms with Gasteiger partial charge in [0.1, 0.15) is 35.8 Å². The van der Waals surface area contributed by atoms with Gasteiger partial charge in [-0.05, 0) is 47.2 Å². The van der Waals surface area contributed by atoms with Crippen molar-refractivity contribution in [1.82, 2.24) is 0 Å². The number of benzene rings is 6. The molecule has 0 unspecified atom stereocenters. The molecule has 0 aliphatic carbocycles. The Labute approximate surface area is 313 Å². The molecule has 4 N–H and O–H groups in total. The lowest BCUT2D eigenvalue weighted by Gasteiger charge is -2.41. The number of aliphatic hydroxyl groups is 2. The molecule has 0 saturated heterocycles. The highest BCUT2D eigenvalue weighted by atomic mass is 16.3. The highest BCUT2D eigenvalue weighted by Crippen LogP contribution is 2.53. The summed E-state index contributed by atoms with van der Waals surface area (Å²) in [5.41, 5.74) is 3.62. The fourth-order valence-corrected chi connectivity index (χ4v) is 8.65. The zero-order chi connectivity index (χ0) is 37.1. The van der Waals surface area contributed by atoms with Crippen LogP contribution >= 0.6 is 0 Å². The van der Waals surface area contributed by atoms with E-state index in [4.69, 9.17) is 0 Å². The third kappa shape index (κ3) is 6.44. The van der Waals surface area contributed by atoms with Gasteiger partial charge in [-0.15, -0.1) is 0 Å². The van der Waals surface area contributed by atoms with Crippen molar-refractivity contribution in [1.29, 1.82) is 0 Å². The molecule has 1 heterocycles. The summed E-state index contributed by atoms with van der Waals surface area (Å²) >= 11 is 0. The van der Waals surface area contributed by atoms with E-state index in [2.05, 4.69) is 13.8 Å². The monoisotopic (exact) mass is 704 g/mol. The number of hydrogen-bond donors (Lipinski definition) is 4. The van der Waals surface area contributed by atoms with Crippen molar-refractivity contribution in [3.8, 4) is 22.6 Å². The Morgan fingerprint density at radius 3 is 1.04 bits per heavy atom. The van der Waals surface area contributed by atoms with Crippen LogP contribution in [0.3, 0.4) is 0 Å². The summed E-state index contributed by atoms with van der Waals surface area (Å²) in [6.45, 7) is 7.15. The second-order valence-electron chi connectivity index (χ2n) is 14.7. The fourth-order valence-electron chi connectivity index (χ4n) is 8.65. The maximum Gasteiger partial charge on any atom is 0.141 e. The predicted octanol–water partition coefficient (Wildman–Crippen LogP) is 9.76. The maximum absolute atomic E-state index is 13.3. The zero-order valence-corrected chi connectivity index (χ0v) is 30.7. The van der Waals surface area contributed by atoms with E-state index in [0.29, 0.717) is 62.1 Å².